The molecule has 82 valence electrons. The van der Waals surface area contributed by atoms with E-state index >= 15 is 0 Å². The number of nitrogens with zero attached hydrogens (tertiary/aromatic N) is 1. The number of hydrogen-bond acceptors (Lipinski definition) is 4. The molecule has 0 aliphatic heterocycles. The van der Waals surface area contributed by atoms with Gasteiger partial charge in [-0.05, 0) is 12.1 Å². The topological polar surface area (TPSA) is 70.4 Å². The summed E-state index contributed by atoms with van der Waals surface area (Å²) in [5.41, 5.74) is 0.0251. The van der Waals surface area contributed by atoms with E-state index in [1.807, 2.05) is 0 Å². The molecule has 0 aliphatic rings. The monoisotopic (exact) mass is 239 g/mol. The molecular formula is C10H6FNO3S. The molecule has 16 heavy (non-hydrogen) atoms. The van der Waals surface area contributed by atoms with Crippen LogP contribution in [0.1, 0.15) is 10.5 Å². The quantitative estimate of drug-likeness (QED) is 0.843. The summed E-state index contributed by atoms with van der Waals surface area (Å²) in [5, 5.41) is 17.9. The third-order valence-electron chi connectivity index (χ3n) is 1.88. The molecular weight excluding hydrogens is 233 g/mol. The van der Waals surface area contributed by atoms with Crippen LogP contribution in [0.25, 0.3) is 10.6 Å². The lowest BCUT2D eigenvalue weighted by Gasteiger charge is -1.94. The van der Waals surface area contributed by atoms with Crippen LogP contribution in [-0.4, -0.2) is 21.2 Å². The summed E-state index contributed by atoms with van der Waals surface area (Å²) in [7, 11) is 0. The Bertz CT molecular complexity index is 553. The number of rotatable bonds is 2. The molecule has 2 rings (SSSR count). The molecule has 0 bridgehead atoms. The van der Waals surface area contributed by atoms with E-state index in [9.17, 15) is 14.3 Å². The average Bonchev–Trinajstić information content (AvgIpc) is 2.60. The fraction of sp³-hybridized carbons (Fsp3) is 0. The van der Waals surface area contributed by atoms with E-state index in [4.69, 9.17) is 5.11 Å². The molecule has 0 spiro atoms. The SMILES string of the molecule is O=C(O)c1nc(-c2cccc(F)c2)sc1O. The maximum atomic E-state index is 12.9. The van der Waals surface area contributed by atoms with Gasteiger partial charge in [-0.3, -0.25) is 0 Å². The van der Waals surface area contributed by atoms with Crippen LogP contribution in [0.3, 0.4) is 0 Å². The summed E-state index contributed by atoms with van der Waals surface area (Å²) in [5.74, 6) is -1.75. The number of halogens is 1. The standard InChI is InChI=1S/C10H6FNO3S/c11-6-3-1-2-5(4-6)8-12-7(9(13)14)10(15)16-8/h1-4,15H,(H,13,14). The lowest BCUT2D eigenvalue weighted by atomic mass is 10.2. The minimum Gasteiger partial charge on any atom is -0.498 e. The maximum Gasteiger partial charge on any atom is 0.359 e. The highest BCUT2D eigenvalue weighted by atomic mass is 32.1. The summed E-state index contributed by atoms with van der Waals surface area (Å²) in [6.07, 6.45) is 0. The van der Waals surface area contributed by atoms with Gasteiger partial charge in [-0.15, -0.1) is 0 Å². The highest BCUT2D eigenvalue weighted by molar-refractivity contribution is 7.17. The molecule has 2 aromatic rings. The Morgan fingerprint density at radius 1 is 1.44 bits per heavy atom. The van der Waals surface area contributed by atoms with Crippen molar-refractivity contribution in [3.05, 3.63) is 35.8 Å². The van der Waals surface area contributed by atoms with E-state index in [1.165, 1.54) is 18.2 Å². The van der Waals surface area contributed by atoms with Gasteiger partial charge in [-0.1, -0.05) is 23.5 Å². The zero-order valence-corrected chi connectivity index (χ0v) is 8.66. The van der Waals surface area contributed by atoms with Gasteiger partial charge in [-0.25, -0.2) is 14.2 Å². The zero-order valence-electron chi connectivity index (χ0n) is 7.85. The second-order valence-electron chi connectivity index (χ2n) is 2.99. The van der Waals surface area contributed by atoms with Gasteiger partial charge in [0.15, 0.2) is 0 Å². The number of carboxylic acids is 1. The number of aromatic nitrogens is 1. The fourth-order valence-corrected chi connectivity index (χ4v) is 1.99. The van der Waals surface area contributed by atoms with Crippen LogP contribution >= 0.6 is 11.3 Å². The van der Waals surface area contributed by atoms with Crippen molar-refractivity contribution < 1.29 is 19.4 Å². The predicted octanol–water partition coefficient (Wildman–Crippen LogP) is 2.35. The minimum atomic E-state index is -1.31. The first-order valence-electron chi connectivity index (χ1n) is 4.27. The van der Waals surface area contributed by atoms with E-state index in [1.54, 1.807) is 6.07 Å². The van der Waals surface area contributed by atoms with Crippen molar-refractivity contribution in [3.8, 4) is 15.6 Å². The van der Waals surface area contributed by atoms with E-state index in [0.29, 0.717) is 5.56 Å². The molecule has 2 N–H and O–H groups in total. The highest BCUT2D eigenvalue weighted by Gasteiger charge is 2.17. The van der Waals surface area contributed by atoms with Crippen LogP contribution < -0.4 is 0 Å². The van der Waals surface area contributed by atoms with E-state index in [0.717, 1.165) is 11.3 Å². The van der Waals surface area contributed by atoms with E-state index in [-0.39, 0.29) is 10.1 Å². The van der Waals surface area contributed by atoms with E-state index in [2.05, 4.69) is 4.98 Å². The number of aromatic carboxylic acids is 1. The normalized spacial score (nSPS) is 10.3. The Labute approximate surface area is 93.6 Å². The molecule has 1 aromatic carbocycles. The number of carboxylic acid groups (broad SMARTS) is 1. The smallest absolute Gasteiger partial charge is 0.359 e. The van der Waals surface area contributed by atoms with Gasteiger partial charge in [-0.2, -0.15) is 0 Å². The second-order valence-corrected chi connectivity index (χ2v) is 3.97. The van der Waals surface area contributed by atoms with Crippen LogP contribution in [0.4, 0.5) is 4.39 Å². The third-order valence-corrected chi connectivity index (χ3v) is 2.79. The molecule has 0 unspecified atom stereocenters. The van der Waals surface area contributed by atoms with Crippen LogP contribution in [0.15, 0.2) is 24.3 Å². The molecule has 1 aromatic heterocycles. The van der Waals surface area contributed by atoms with Crippen LogP contribution in [0.2, 0.25) is 0 Å². The first kappa shape index (κ1) is 10.6. The Hall–Kier alpha value is -1.95. The Morgan fingerprint density at radius 2 is 2.19 bits per heavy atom. The molecule has 0 saturated carbocycles. The first-order chi connectivity index (χ1) is 7.58. The van der Waals surface area contributed by atoms with Crippen LogP contribution in [0, 0.1) is 5.82 Å². The highest BCUT2D eigenvalue weighted by Crippen LogP contribution is 2.32. The van der Waals surface area contributed by atoms with Crippen LogP contribution in [0.5, 0.6) is 5.06 Å². The fourth-order valence-electron chi connectivity index (χ4n) is 1.20. The van der Waals surface area contributed by atoms with Gasteiger partial charge < -0.3 is 10.2 Å². The Balaban J connectivity index is 2.49. The number of thiazole rings is 1. The summed E-state index contributed by atoms with van der Waals surface area (Å²) in [4.78, 5) is 14.4. The second kappa shape index (κ2) is 3.90. The van der Waals surface area contributed by atoms with Crippen molar-refractivity contribution in [1.82, 2.24) is 4.98 Å². The Morgan fingerprint density at radius 3 is 2.75 bits per heavy atom. The van der Waals surface area contributed by atoms with Crippen molar-refractivity contribution in [2.45, 2.75) is 0 Å². The Kier molecular flexibility index (Phi) is 2.57. The van der Waals surface area contributed by atoms with Crippen molar-refractivity contribution in [1.29, 1.82) is 0 Å². The van der Waals surface area contributed by atoms with Crippen molar-refractivity contribution >= 4 is 17.3 Å². The van der Waals surface area contributed by atoms with Gasteiger partial charge in [0.2, 0.25) is 10.8 Å². The van der Waals surface area contributed by atoms with Crippen molar-refractivity contribution in [3.63, 3.8) is 0 Å². The lowest BCUT2D eigenvalue weighted by molar-refractivity contribution is 0.0688. The molecule has 0 saturated heterocycles. The van der Waals surface area contributed by atoms with Crippen molar-refractivity contribution in [2.24, 2.45) is 0 Å². The largest absolute Gasteiger partial charge is 0.498 e. The average molecular weight is 239 g/mol. The van der Waals surface area contributed by atoms with E-state index < -0.39 is 17.5 Å². The zero-order chi connectivity index (χ0) is 11.7. The third kappa shape index (κ3) is 1.87. The molecule has 0 amide bonds. The molecule has 0 fully saturated rings. The molecule has 1 heterocycles. The van der Waals surface area contributed by atoms with Gasteiger partial charge in [0.1, 0.15) is 10.8 Å². The molecule has 6 heteroatoms. The molecule has 0 aliphatic carbocycles. The summed E-state index contributed by atoms with van der Waals surface area (Å²) >= 11 is 0.801. The minimum absolute atomic E-state index is 0.273. The van der Waals surface area contributed by atoms with Crippen LogP contribution in [-0.2, 0) is 0 Å². The first-order valence-corrected chi connectivity index (χ1v) is 5.08. The van der Waals surface area contributed by atoms with Crippen molar-refractivity contribution in [2.75, 3.05) is 0 Å². The molecule has 4 nitrogen and oxygen atoms in total. The van der Waals surface area contributed by atoms with Gasteiger partial charge in [0.25, 0.3) is 0 Å². The number of carbonyl (C=O) groups is 1. The number of benzene rings is 1. The molecule has 0 atom stereocenters. The number of aromatic hydroxyl groups is 1. The number of hydrogen-bond donors (Lipinski definition) is 2. The van der Waals surface area contributed by atoms with Gasteiger partial charge in [0, 0.05) is 5.56 Å². The lowest BCUT2D eigenvalue weighted by Crippen LogP contribution is -1.96. The van der Waals surface area contributed by atoms with Gasteiger partial charge in [0.05, 0.1) is 0 Å². The maximum absolute atomic E-state index is 12.9. The summed E-state index contributed by atoms with van der Waals surface area (Å²) < 4.78 is 12.9. The summed E-state index contributed by atoms with van der Waals surface area (Å²) in [6.45, 7) is 0. The molecule has 0 radical (unpaired) electrons. The summed E-state index contributed by atoms with van der Waals surface area (Å²) in [6, 6.07) is 5.58. The van der Waals surface area contributed by atoms with Gasteiger partial charge >= 0.3 is 5.97 Å². The predicted molar refractivity (Wildman–Crippen MR) is 56.1 cm³/mol.